The molecule has 2 heterocycles. The standard InChI is InChI=1S/C14H20N2/c1-11-9-15-7-5-13(11)3-4-14-6-8-16-10-12(14)2/h5-8,15-16H,3-4,9-10H2,1-2H3. The van der Waals surface area contributed by atoms with Gasteiger partial charge in [-0.15, -0.1) is 0 Å². The summed E-state index contributed by atoms with van der Waals surface area (Å²) in [5, 5.41) is 6.47. The summed E-state index contributed by atoms with van der Waals surface area (Å²) in [4.78, 5) is 0. The Balaban J connectivity index is 1.97. The van der Waals surface area contributed by atoms with Crippen molar-refractivity contribution in [2.24, 2.45) is 0 Å². The second-order valence-electron chi connectivity index (χ2n) is 4.54. The van der Waals surface area contributed by atoms with Gasteiger partial charge in [0.2, 0.25) is 0 Å². The van der Waals surface area contributed by atoms with Gasteiger partial charge in [-0.1, -0.05) is 11.1 Å². The lowest BCUT2D eigenvalue weighted by Crippen LogP contribution is -2.15. The molecule has 0 spiro atoms. The van der Waals surface area contributed by atoms with Crippen molar-refractivity contribution in [3.63, 3.8) is 0 Å². The summed E-state index contributed by atoms with van der Waals surface area (Å²) in [6.45, 7) is 6.43. The van der Waals surface area contributed by atoms with Crippen LogP contribution in [0.5, 0.6) is 0 Å². The Kier molecular flexibility index (Phi) is 3.50. The summed E-state index contributed by atoms with van der Waals surface area (Å²) in [5.74, 6) is 0. The van der Waals surface area contributed by atoms with Gasteiger partial charge in [-0.3, -0.25) is 0 Å². The van der Waals surface area contributed by atoms with Gasteiger partial charge < -0.3 is 10.6 Å². The molecule has 0 atom stereocenters. The van der Waals surface area contributed by atoms with Crippen molar-refractivity contribution in [3.05, 3.63) is 46.8 Å². The number of rotatable bonds is 3. The highest BCUT2D eigenvalue weighted by Gasteiger charge is 2.07. The van der Waals surface area contributed by atoms with Crippen molar-refractivity contribution in [3.8, 4) is 0 Å². The van der Waals surface area contributed by atoms with Crippen molar-refractivity contribution in [2.75, 3.05) is 13.1 Å². The van der Waals surface area contributed by atoms with Crippen LogP contribution in [0.3, 0.4) is 0 Å². The smallest absolute Gasteiger partial charge is 0.0357 e. The first-order valence-corrected chi connectivity index (χ1v) is 5.94. The number of hydrogen-bond donors (Lipinski definition) is 2. The maximum Gasteiger partial charge on any atom is 0.0357 e. The molecule has 16 heavy (non-hydrogen) atoms. The Morgan fingerprint density at radius 2 is 1.31 bits per heavy atom. The van der Waals surface area contributed by atoms with Crippen LogP contribution in [0.2, 0.25) is 0 Å². The molecule has 0 unspecified atom stereocenters. The fourth-order valence-electron chi connectivity index (χ4n) is 2.12. The molecule has 0 aromatic heterocycles. The molecule has 0 saturated heterocycles. The van der Waals surface area contributed by atoms with Crippen molar-refractivity contribution in [1.82, 2.24) is 10.6 Å². The Labute approximate surface area is 97.8 Å². The maximum atomic E-state index is 3.24. The van der Waals surface area contributed by atoms with Gasteiger partial charge in [0.25, 0.3) is 0 Å². The fourth-order valence-corrected chi connectivity index (χ4v) is 2.12. The van der Waals surface area contributed by atoms with Gasteiger partial charge in [-0.05, 0) is 62.4 Å². The third-order valence-electron chi connectivity index (χ3n) is 3.30. The third kappa shape index (κ3) is 2.57. The molecule has 2 N–H and O–H groups in total. The summed E-state index contributed by atoms with van der Waals surface area (Å²) >= 11 is 0. The molecule has 2 nitrogen and oxygen atoms in total. The normalized spacial score (nSPS) is 19.9. The third-order valence-corrected chi connectivity index (χ3v) is 3.30. The van der Waals surface area contributed by atoms with Crippen LogP contribution in [0.4, 0.5) is 0 Å². The van der Waals surface area contributed by atoms with Gasteiger partial charge in [0.1, 0.15) is 0 Å². The second-order valence-corrected chi connectivity index (χ2v) is 4.54. The quantitative estimate of drug-likeness (QED) is 0.758. The first kappa shape index (κ1) is 11.1. The number of hydrogen-bond acceptors (Lipinski definition) is 2. The van der Waals surface area contributed by atoms with Crippen molar-refractivity contribution < 1.29 is 0 Å². The van der Waals surface area contributed by atoms with Crippen LogP contribution in [0, 0.1) is 0 Å². The Hall–Kier alpha value is -1.44. The molecule has 0 fully saturated rings. The minimum atomic E-state index is 1.00. The van der Waals surface area contributed by atoms with E-state index in [1.54, 1.807) is 0 Å². The largest absolute Gasteiger partial charge is 0.387 e. The highest BCUT2D eigenvalue weighted by molar-refractivity contribution is 5.33. The van der Waals surface area contributed by atoms with E-state index < -0.39 is 0 Å². The van der Waals surface area contributed by atoms with Gasteiger partial charge in [0.05, 0.1) is 0 Å². The lowest BCUT2D eigenvalue weighted by molar-refractivity contribution is 0.833. The summed E-state index contributed by atoms with van der Waals surface area (Å²) in [5.41, 5.74) is 5.93. The highest BCUT2D eigenvalue weighted by Crippen LogP contribution is 2.21. The molecule has 2 aliphatic heterocycles. The molecular formula is C14H20N2. The van der Waals surface area contributed by atoms with E-state index in [0.29, 0.717) is 0 Å². The van der Waals surface area contributed by atoms with E-state index in [-0.39, 0.29) is 0 Å². The molecule has 0 aromatic carbocycles. The maximum absolute atomic E-state index is 3.24. The molecule has 0 amide bonds. The Morgan fingerprint density at radius 3 is 1.69 bits per heavy atom. The summed E-state index contributed by atoms with van der Waals surface area (Å²) in [7, 11) is 0. The average molecular weight is 216 g/mol. The Morgan fingerprint density at radius 1 is 0.875 bits per heavy atom. The zero-order valence-corrected chi connectivity index (χ0v) is 10.1. The number of nitrogens with one attached hydrogen (secondary N) is 2. The van der Waals surface area contributed by atoms with Crippen LogP contribution in [-0.2, 0) is 0 Å². The number of allylic oxidation sites excluding steroid dienone is 4. The lowest BCUT2D eigenvalue weighted by atomic mass is 9.96. The van der Waals surface area contributed by atoms with Crippen LogP contribution in [0.1, 0.15) is 26.7 Å². The van der Waals surface area contributed by atoms with E-state index in [9.17, 15) is 0 Å². The topological polar surface area (TPSA) is 24.1 Å². The van der Waals surface area contributed by atoms with E-state index in [2.05, 4.69) is 49.0 Å². The second kappa shape index (κ2) is 5.06. The molecule has 0 aromatic rings. The van der Waals surface area contributed by atoms with Gasteiger partial charge in [0, 0.05) is 13.1 Å². The first-order valence-electron chi connectivity index (χ1n) is 5.94. The molecule has 2 heteroatoms. The van der Waals surface area contributed by atoms with Gasteiger partial charge in [-0.25, -0.2) is 0 Å². The fraction of sp³-hybridized carbons (Fsp3) is 0.429. The molecule has 0 bridgehead atoms. The van der Waals surface area contributed by atoms with E-state index >= 15 is 0 Å². The van der Waals surface area contributed by atoms with Crippen LogP contribution >= 0.6 is 0 Å². The molecule has 0 saturated carbocycles. The van der Waals surface area contributed by atoms with E-state index in [4.69, 9.17) is 0 Å². The van der Waals surface area contributed by atoms with Gasteiger partial charge in [-0.2, -0.15) is 0 Å². The summed E-state index contributed by atoms with van der Waals surface area (Å²) in [6.07, 6.45) is 10.8. The van der Waals surface area contributed by atoms with E-state index in [0.717, 1.165) is 25.9 Å². The van der Waals surface area contributed by atoms with Gasteiger partial charge in [0.15, 0.2) is 0 Å². The number of dihydropyridines is 2. The SMILES string of the molecule is CC1=C(CCC2=C(C)CNC=C2)C=CNC1. The molecule has 2 aliphatic rings. The molecule has 0 radical (unpaired) electrons. The van der Waals surface area contributed by atoms with E-state index in [1.165, 1.54) is 22.3 Å². The van der Waals surface area contributed by atoms with Crippen LogP contribution in [0.15, 0.2) is 46.8 Å². The van der Waals surface area contributed by atoms with Gasteiger partial charge >= 0.3 is 0 Å². The van der Waals surface area contributed by atoms with Crippen molar-refractivity contribution in [2.45, 2.75) is 26.7 Å². The summed E-state index contributed by atoms with van der Waals surface area (Å²) < 4.78 is 0. The van der Waals surface area contributed by atoms with Crippen LogP contribution < -0.4 is 10.6 Å². The monoisotopic (exact) mass is 216 g/mol. The lowest BCUT2D eigenvalue weighted by Gasteiger charge is -2.17. The van der Waals surface area contributed by atoms with Crippen LogP contribution in [-0.4, -0.2) is 13.1 Å². The minimum absolute atomic E-state index is 1.00. The first-order chi connectivity index (χ1) is 7.77. The summed E-state index contributed by atoms with van der Waals surface area (Å²) in [6, 6.07) is 0. The minimum Gasteiger partial charge on any atom is -0.387 e. The van der Waals surface area contributed by atoms with E-state index in [1.807, 2.05) is 0 Å². The molecular weight excluding hydrogens is 196 g/mol. The molecule has 0 aliphatic carbocycles. The Bertz CT molecular complexity index is 346. The predicted octanol–water partition coefficient (Wildman–Crippen LogP) is 2.63. The zero-order chi connectivity index (χ0) is 11.4. The van der Waals surface area contributed by atoms with Crippen molar-refractivity contribution in [1.29, 1.82) is 0 Å². The molecule has 2 rings (SSSR count). The highest BCUT2D eigenvalue weighted by atomic mass is 14.8. The van der Waals surface area contributed by atoms with Crippen LogP contribution in [0.25, 0.3) is 0 Å². The predicted molar refractivity (Wildman–Crippen MR) is 68.9 cm³/mol. The van der Waals surface area contributed by atoms with Crippen molar-refractivity contribution >= 4 is 0 Å². The molecule has 86 valence electrons. The zero-order valence-electron chi connectivity index (χ0n) is 10.1. The average Bonchev–Trinajstić information content (AvgIpc) is 2.30.